The molecule has 24 heavy (non-hydrogen) atoms. The van der Waals surface area contributed by atoms with Crippen LogP contribution >= 0.6 is 11.6 Å². The number of para-hydroxylation sites is 2. The molecular formula is C19H10ClF3O. The quantitative estimate of drug-likeness (QED) is 0.364. The van der Waals surface area contributed by atoms with Gasteiger partial charge in [-0.3, -0.25) is 0 Å². The molecule has 4 aromatic rings. The summed E-state index contributed by atoms with van der Waals surface area (Å²) in [7, 11) is 0. The lowest BCUT2D eigenvalue weighted by molar-refractivity contribution is -0.137. The van der Waals surface area contributed by atoms with E-state index in [0.29, 0.717) is 16.7 Å². The number of alkyl halides is 3. The van der Waals surface area contributed by atoms with Crippen LogP contribution in [0.5, 0.6) is 0 Å². The summed E-state index contributed by atoms with van der Waals surface area (Å²) in [5.74, 6) is 0. The lowest BCUT2D eigenvalue weighted by atomic mass is 9.97. The van der Waals surface area contributed by atoms with E-state index in [2.05, 4.69) is 0 Å². The average molecular weight is 347 g/mol. The Bertz CT molecular complexity index is 1060. The fraction of sp³-hybridized carbons (Fsp3) is 0.0526. The third kappa shape index (κ3) is 2.34. The molecule has 0 fully saturated rings. The largest absolute Gasteiger partial charge is 0.455 e. The van der Waals surface area contributed by atoms with Crippen LogP contribution < -0.4 is 0 Å². The zero-order valence-electron chi connectivity index (χ0n) is 12.2. The molecule has 0 aliphatic heterocycles. The van der Waals surface area contributed by atoms with E-state index in [0.717, 1.165) is 16.8 Å². The van der Waals surface area contributed by atoms with Crippen molar-refractivity contribution < 1.29 is 17.6 Å². The van der Waals surface area contributed by atoms with Crippen LogP contribution in [0.25, 0.3) is 33.1 Å². The van der Waals surface area contributed by atoms with Crippen molar-refractivity contribution in [3.05, 3.63) is 71.2 Å². The van der Waals surface area contributed by atoms with Gasteiger partial charge in [0.2, 0.25) is 0 Å². The Balaban J connectivity index is 2.08. The Morgan fingerprint density at radius 3 is 2.33 bits per heavy atom. The van der Waals surface area contributed by atoms with E-state index in [9.17, 15) is 13.2 Å². The van der Waals surface area contributed by atoms with Crippen molar-refractivity contribution in [2.24, 2.45) is 0 Å². The van der Waals surface area contributed by atoms with E-state index >= 15 is 0 Å². The minimum absolute atomic E-state index is 0.0443. The summed E-state index contributed by atoms with van der Waals surface area (Å²) in [6.45, 7) is 0. The molecule has 4 rings (SSSR count). The van der Waals surface area contributed by atoms with Gasteiger partial charge in [-0.2, -0.15) is 13.2 Å². The molecule has 0 radical (unpaired) electrons. The molecule has 0 unspecified atom stereocenters. The number of rotatable bonds is 1. The maximum absolute atomic E-state index is 13.4. The molecule has 1 nitrogen and oxygen atoms in total. The molecule has 0 saturated carbocycles. The molecule has 0 amide bonds. The van der Waals surface area contributed by atoms with Crippen molar-refractivity contribution in [2.45, 2.75) is 6.18 Å². The normalized spacial score (nSPS) is 12.2. The molecule has 1 heterocycles. The monoisotopic (exact) mass is 346 g/mol. The van der Waals surface area contributed by atoms with E-state index in [-0.39, 0.29) is 10.6 Å². The second kappa shape index (κ2) is 5.28. The number of furan rings is 1. The highest BCUT2D eigenvalue weighted by Gasteiger charge is 2.34. The highest BCUT2D eigenvalue weighted by atomic mass is 35.5. The van der Waals surface area contributed by atoms with E-state index in [1.165, 1.54) is 12.1 Å². The Hall–Kier alpha value is -2.46. The summed E-state index contributed by atoms with van der Waals surface area (Å²) < 4.78 is 46.1. The Morgan fingerprint density at radius 1 is 0.792 bits per heavy atom. The molecule has 0 spiro atoms. The van der Waals surface area contributed by atoms with Gasteiger partial charge in [-0.05, 0) is 23.8 Å². The van der Waals surface area contributed by atoms with Crippen molar-refractivity contribution in [1.82, 2.24) is 0 Å². The van der Waals surface area contributed by atoms with Crippen LogP contribution in [0.2, 0.25) is 5.02 Å². The van der Waals surface area contributed by atoms with Crippen LogP contribution in [0.4, 0.5) is 13.2 Å². The molecule has 0 saturated heterocycles. The fourth-order valence-corrected chi connectivity index (χ4v) is 3.12. The molecule has 3 aromatic carbocycles. The van der Waals surface area contributed by atoms with Crippen LogP contribution in [0, 0.1) is 0 Å². The van der Waals surface area contributed by atoms with Gasteiger partial charge in [0.05, 0.1) is 5.56 Å². The first-order valence-electron chi connectivity index (χ1n) is 7.22. The van der Waals surface area contributed by atoms with E-state index in [1.807, 2.05) is 24.3 Å². The number of hydrogen-bond acceptors (Lipinski definition) is 1. The molecule has 0 N–H and O–H groups in total. The molecule has 5 heteroatoms. The number of benzene rings is 3. The fourth-order valence-electron chi connectivity index (χ4n) is 2.95. The number of halogens is 4. The van der Waals surface area contributed by atoms with Gasteiger partial charge in [0.25, 0.3) is 0 Å². The molecule has 0 bridgehead atoms. The number of fused-ring (bicyclic) bond motifs is 3. The molecule has 0 aliphatic rings. The lowest BCUT2D eigenvalue weighted by Crippen LogP contribution is -2.07. The van der Waals surface area contributed by atoms with Gasteiger partial charge in [-0.1, -0.05) is 54.1 Å². The maximum atomic E-state index is 13.4. The smallest absolute Gasteiger partial charge is 0.417 e. The van der Waals surface area contributed by atoms with Gasteiger partial charge in [0.1, 0.15) is 11.2 Å². The Kier molecular flexibility index (Phi) is 3.32. The average Bonchev–Trinajstić information content (AvgIpc) is 2.93. The first-order chi connectivity index (χ1) is 11.4. The predicted molar refractivity (Wildman–Crippen MR) is 89.2 cm³/mol. The van der Waals surface area contributed by atoms with Crippen molar-refractivity contribution in [2.75, 3.05) is 0 Å². The summed E-state index contributed by atoms with van der Waals surface area (Å²) in [5.41, 5.74) is 0.751. The van der Waals surface area contributed by atoms with E-state index < -0.39 is 11.7 Å². The summed E-state index contributed by atoms with van der Waals surface area (Å²) in [5, 5.41) is 1.70. The summed E-state index contributed by atoms with van der Waals surface area (Å²) in [4.78, 5) is 0. The molecule has 120 valence electrons. The van der Waals surface area contributed by atoms with Gasteiger partial charge < -0.3 is 4.42 Å². The minimum Gasteiger partial charge on any atom is -0.455 e. The van der Waals surface area contributed by atoms with Crippen molar-refractivity contribution >= 4 is 33.5 Å². The first-order valence-corrected chi connectivity index (χ1v) is 7.60. The summed E-state index contributed by atoms with van der Waals surface area (Å²) >= 11 is 5.77. The predicted octanol–water partition coefficient (Wildman–Crippen LogP) is 6.93. The third-order valence-electron chi connectivity index (χ3n) is 3.98. The SMILES string of the molecule is FC(F)(F)c1cc(Cl)ccc1-c1cccc2c1oc1ccccc12. The van der Waals surface area contributed by atoms with Gasteiger partial charge in [-0.15, -0.1) is 0 Å². The molecule has 0 aliphatic carbocycles. The van der Waals surface area contributed by atoms with Gasteiger partial charge in [0.15, 0.2) is 0 Å². The Labute approximate surface area is 140 Å². The van der Waals surface area contributed by atoms with Crippen LogP contribution in [-0.4, -0.2) is 0 Å². The second-order valence-electron chi connectivity index (χ2n) is 5.47. The zero-order chi connectivity index (χ0) is 16.9. The second-order valence-corrected chi connectivity index (χ2v) is 5.90. The Morgan fingerprint density at radius 2 is 1.54 bits per heavy atom. The standard InChI is InChI=1S/C19H10ClF3O/c20-11-8-9-12(16(10-11)19(21,22)23)14-5-3-6-15-13-4-1-2-7-17(13)24-18(14)15/h1-10H. The summed E-state index contributed by atoms with van der Waals surface area (Å²) in [6.07, 6.45) is -4.51. The highest BCUT2D eigenvalue weighted by Crippen LogP contribution is 2.42. The maximum Gasteiger partial charge on any atom is 0.417 e. The topological polar surface area (TPSA) is 13.1 Å². The van der Waals surface area contributed by atoms with Crippen LogP contribution in [-0.2, 0) is 6.18 Å². The number of hydrogen-bond donors (Lipinski definition) is 0. The lowest BCUT2D eigenvalue weighted by Gasteiger charge is -2.13. The van der Waals surface area contributed by atoms with Gasteiger partial charge in [-0.25, -0.2) is 0 Å². The van der Waals surface area contributed by atoms with E-state index in [1.54, 1.807) is 18.2 Å². The third-order valence-corrected chi connectivity index (χ3v) is 4.22. The molecular weight excluding hydrogens is 337 g/mol. The minimum atomic E-state index is -4.51. The first kappa shape index (κ1) is 15.1. The van der Waals surface area contributed by atoms with Gasteiger partial charge in [0, 0.05) is 21.4 Å². The van der Waals surface area contributed by atoms with Crippen LogP contribution in [0.3, 0.4) is 0 Å². The van der Waals surface area contributed by atoms with Crippen molar-refractivity contribution in [3.63, 3.8) is 0 Å². The molecule has 1 aromatic heterocycles. The van der Waals surface area contributed by atoms with Crippen LogP contribution in [0.1, 0.15) is 5.56 Å². The van der Waals surface area contributed by atoms with Crippen molar-refractivity contribution in [1.29, 1.82) is 0 Å². The van der Waals surface area contributed by atoms with Crippen molar-refractivity contribution in [3.8, 4) is 11.1 Å². The van der Waals surface area contributed by atoms with Crippen LogP contribution in [0.15, 0.2) is 65.1 Å². The highest BCUT2D eigenvalue weighted by molar-refractivity contribution is 6.30. The zero-order valence-corrected chi connectivity index (χ0v) is 12.9. The summed E-state index contributed by atoms with van der Waals surface area (Å²) in [6, 6.07) is 16.4. The van der Waals surface area contributed by atoms with E-state index in [4.69, 9.17) is 16.0 Å². The molecule has 0 atom stereocenters. The van der Waals surface area contributed by atoms with Gasteiger partial charge >= 0.3 is 6.18 Å².